The van der Waals surface area contributed by atoms with Crippen LogP contribution in [0.15, 0.2) is 6.20 Å². The van der Waals surface area contributed by atoms with Crippen LogP contribution in [0, 0.1) is 0 Å². The first-order valence-corrected chi connectivity index (χ1v) is 7.74. The molecule has 0 saturated carbocycles. The van der Waals surface area contributed by atoms with E-state index in [0.717, 1.165) is 62.8 Å². The minimum absolute atomic E-state index is 0.00913. The molecule has 0 unspecified atom stereocenters. The van der Waals surface area contributed by atoms with Crippen molar-refractivity contribution in [2.24, 2.45) is 0 Å². The number of fused-ring (bicyclic) bond motifs is 1. The molecule has 1 aromatic rings. The van der Waals surface area contributed by atoms with E-state index in [-0.39, 0.29) is 18.6 Å². The van der Waals surface area contributed by atoms with E-state index in [4.69, 9.17) is 14.5 Å². The maximum Gasteiger partial charge on any atom is 0.246 e. The lowest BCUT2D eigenvalue weighted by atomic mass is 9.92. The van der Waals surface area contributed by atoms with Crippen molar-refractivity contribution in [3.8, 4) is 0 Å². The summed E-state index contributed by atoms with van der Waals surface area (Å²) >= 11 is 0. The molecule has 1 aliphatic heterocycles. The molecule has 1 aliphatic carbocycles. The number of nitrogens with one attached hydrogen (secondary N) is 1. The van der Waals surface area contributed by atoms with E-state index in [9.17, 15) is 4.79 Å². The van der Waals surface area contributed by atoms with Gasteiger partial charge in [-0.2, -0.15) is 0 Å². The number of anilines is 1. The predicted octanol–water partition coefficient (Wildman–Crippen LogP) is 0.453. The number of nitrogens with zero attached hydrogens (tertiary/aromatic N) is 3. The lowest BCUT2D eigenvalue weighted by molar-refractivity contribution is -0.125. The molecule has 0 bridgehead atoms. The fourth-order valence-corrected chi connectivity index (χ4v) is 2.97. The van der Waals surface area contributed by atoms with Crippen LogP contribution in [-0.4, -0.2) is 55.9 Å². The van der Waals surface area contributed by atoms with Crippen LogP contribution >= 0.6 is 0 Å². The SMILES string of the molecule is COCC(=O)N[C@H]1CCCc2nc(N3CCOCC3)ncc21. The molecule has 7 heteroatoms. The second-order valence-corrected chi connectivity index (χ2v) is 5.62. The van der Waals surface area contributed by atoms with Crippen molar-refractivity contribution in [2.75, 3.05) is 44.9 Å². The van der Waals surface area contributed by atoms with Crippen molar-refractivity contribution in [3.63, 3.8) is 0 Å². The third kappa shape index (κ3) is 3.36. The van der Waals surface area contributed by atoms with E-state index in [2.05, 4.69) is 15.2 Å². The summed E-state index contributed by atoms with van der Waals surface area (Å²) in [6.45, 7) is 3.17. The van der Waals surface area contributed by atoms with Gasteiger partial charge in [0, 0.05) is 32.0 Å². The van der Waals surface area contributed by atoms with Crippen molar-refractivity contribution in [1.82, 2.24) is 15.3 Å². The van der Waals surface area contributed by atoms with Crippen molar-refractivity contribution in [3.05, 3.63) is 17.5 Å². The van der Waals surface area contributed by atoms with E-state index in [1.54, 1.807) is 0 Å². The van der Waals surface area contributed by atoms with Crippen LogP contribution in [0.1, 0.15) is 30.1 Å². The maximum atomic E-state index is 11.7. The predicted molar refractivity (Wildman–Crippen MR) is 80.8 cm³/mol. The second-order valence-electron chi connectivity index (χ2n) is 5.62. The molecule has 120 valence electrons. The number of carbonyl (C=O) groups is 1. The standard InChI is InChI=1S/C15H22N4O3/c1-21-10-14(20)17-12-3-2-4-13-11(12)9-16-15(18-13)19-5-7-22-8-6-19/h9,12H,2-8,10H2,1H3,(H,17,20)/t12-/m0/s1. The first-order chi connectivity index (χ1) is 10.8. The van der Waals surface area contributed by atoms with E-state index in [1.807, 2.05) is 6.20 Å². The third-order valence-corrected chi connectivity index (χ3v) is 4.07. The normalized spacial score (nSPS) is 21.3. The molecule has 1 saturated heterocycles. The summed E-state index contributed by atoms with van der Waals surface area (Å²) in [7, 11) is 1.52. The molecule has 7 nitrogen and oxygen atoms in total. The van der Waals surface area contributed by atoms with E-state index >= 15 is 0 Å². The highest BCUT2D eigenvalue weighted by Crippen LogP contribution is 2.29. The first-order valence-electron chi connectivity index (χ1n) is 7.74. The maximum absolute atomic E-state index is 11.7. The van der Waals surface area contributed by atoms with E-state index in [0.29, 0.717) is 0 Å². The summed E-state index contributed by atoms with van der Waals surface area (Å²) in [4.78, 5) is 23.1. The summed E-state index contributed by atoms with van der Waals surface area (Å²) in [6.07, 6.45) is 4.74. The van der Waals surface area contributed by atoms with Crippen LogP contribution in [0.3, 0.4) is 0 Å². The van der Waals surface area contributed by atoms with Gasteiger partial charge in [-0.3, -0.25) is 4.79 Å². The zero-order chi connectivity index (χ0) is 15.4. The number of aryl methyl sites for hydroxylation is 1. The van der Waals surface area contributed by atoms with Gasteiger partial charge in [0.05, 0.1) is 24.9 Å². The summed E-state index contributed by atoms with van der Waals surface area (Å²) < 4.78 is 10.2. The molecular weight excluding hydrogens is 284 g/mol. The van der Waals surface area contributed by atoms with Crippen LogP contribution < -0.4 is 10.2 Å². The van der Waals surface area contributed by atoms with Gasteiger partial charge in [-0.25, -0.2) is 9.97 Å². The zero-order valence-corrected chi connectivity index (χ0v) is 12.9. The molecule has 1 atom stereocenters. The van der Waals surface area contributed by atoms with Crippen molar-refractivity contribution >= 4 is 11.9 Å². The Morgan fingerprint density at radius 3 is 3.09 bits per heavy atom. The van der Waals surface area contributed by atoms with Crippen molar-refractivity contribution in [1.29, 1.82) is 0 Å². The largest absolute Gasteiger partial charge is 0.378 e. The Hall–Kier alpha value is -1.73. The number of ether oxygens (including phenoxy) is 2. The molecule has 1 N–H and O–H groups in total. The van der Waals surface area contributed by atoms with Crippen LogP contribution in [0.4, 0.5) is 5.95 Å². The summed E-state index contributed by atoms with van der Waals surface area (Å²) in [5, 5.41) is 3.00. The fraction of sp³-hybridized carbons (Fsp3) is 0.667. The second kappa shape index (κ2) is 7.02. The Balaban J connectivity index is 1.75. The van der Waals surface area contributed by atoms with Gasteiger partial charge in [0.2, 0.25) is 11.9 Å². The van der Waals surface area contributed by atoms with Gasteiger partial charge in [-0.1, -0.05) is 0 Å². The number of morpholine rings is 1. The Labute approximate surface area is 130 Å². The molecule has 2 aliphatic rings. The molecule has 1 fully saturated rings. The van der Waals surface area contributed by atoms with Gasteiger partial charge >= 0.3 is 0 Å². The highest BCUT2D eigenvalue weighted by molar-refractivity contribution is 5.77. The third-order valence-electron chi connectivity index (χ3n) is 4.07. The minimum Gasteiger partial charge on any atom is -0.378 e. The lowest BCUT2D eigenvalue weighted by Crippen LogP contribution is -2.38. The van der Waals surface area contributed by atoms with Gasteiger partial charge in [0.25, 0.3) is 0 Å². The Kier molecular flexibility index (Phi) is 4.84. The molecule has 0 aromatic carbocycles. The van der Waals surface area contributed by atoms with Gasteiger partial charge in [0.1, 0.15) is 6.61 Å². The average molecular weight is 306 g/mol. The number of rotatable bonds is 4. The van der Waals surface area contributed by atoms with Crippen LogP contribution in [-0.2, 0) is 20.7 Å². The number of hydrogen-bond donors (Lipinski definition) is 1. The van der Waals surface area contributed by atoms with Crippen LogP contribution in [0.5, 0.6) is 0 Å². The number of carbonyl (C=O) groups excluding carboxylic acids is 1. The average Bonchev–Trinajstić information content (AvgIpc) is 2.56. The molecule has 1 amide bonds. The van der Waals surface area contributed by atoms with Gasteiger partial charge in [0.15, 0.2) is 0 Å². The smallest absolute Gasteiger partial charge is 0.246 e. The molecule has 0 spiro atoms. The van der Waals surface area contributed by atoms with Crippen LogP contribution in [0.25, 0.3) is 0 Å². The van der Waals surface area contributed by atoms with Crippen molar-refractivity contribution in [2.45, 2.75) is 25.3 Å². The zero-order valence-electron chi connectivity index (χ0n) is 12.9. The van der Waals surface area contributed by atoms with E-state index < -0.39 is 0 Å². The Morgan fingerprint density at radius 2 is 2.32 bits per heavy atom. The summed E-state index contributed by atoms with van der Waals surface area (Å²) in [6, 6.07) is -0.00913. The Bertz CT molecular complexity index is 532. The molecule has 3 rings (SSSR count). The summed E-state index contributed by atoms with van der Waals surface area (Å²) in [5.74, 6) is 0.670. The Morgan fingerprint density at radius 1 is 1.50 bits per heavy atom. The van der Waals surface area contributed by atoms with Crippen LogP contribution in [0.2, 0.25) is 0 Å². The number of aromatic nitrogens is 2. The van der Waals surface area contributed by atoms with Gasteiger partial charge < -0.3 is 19.7 Å². The molecular formula is C15H22N4O3. The van der Waals surface area contributed by atoms with Gasteiger partial charge in [-0.15, -0.1) is 0 Å². The molecule has 22 heavy (non-hydrogen) atoms. The quantitative estimate of drug-likeness (QED) is 0.870. The minimum atomic E-state index is -0.0994. The van der Waals surface area contributed by atoms with Crippen molar-refractivity contribution < 1.29 is 14.3 Å². The monoisotopic (exact) mass is 306 g/mol. The highest BCUT2D eigenvalue weighted by Gasteiger charge is 2.25. The number of amides is 1. The fourth-order valence-electron chi connectivity index (χ4n) is 2.97. The molecule has 0 radical (unpaired) electrons. The van der Waals surface area contributed by atoms with E-state index in [1.165, 1.54) is 7.11 Å². The first kappa shape index (κ1) is 15.2. The lowest BCUT2D eigenvalue weighted by Gasteiger charge is -2.29. The summed E-state index contributed by atoms with van der Waals surface area (Å²) in [5.41, 5.74) is 2.08. The molecule has 1 aromatic heterocycles. The number of hydrogen-bond acceptors (Lipinski definition) is 6. The highest BCUT2D eigenvalue weighted by atomic mass is 16.5. The number of methoxy groups -OCH3 is 1. The molecule has 2 heterocycles. The topological polar surface area (TPSA) is 76.6 Å². The van der Waals surface area contributed by atoms with Gasteiger partial charge in [-0.05, 0) is 19.3 Å².